The molecule has 0 unspecified atom stereocenters. The van der Waals surface area contributed by atoms with Gasteiger partial charge in [0.2, 0.25) is 0 Å². The number of thiophene rings is 1. The van der Waals surface area contributed by atoms with Crippen molar-refractivity contribution >= 4 is 75.1 Å². The van der Waals surface area contributed by atoms with Crippen LogP contribution in [0.5, 0.6) is 0 Å². The molecule has 0 amide bonds. The number of hydrogen-bond donors (Lipinski definition) is 0. The third-order valence-electron chi connectivity index (χ3n) is 10.9. The van der Waals surface area contributed by atoms with E-state index in [0.29, 0.717) is 0 Å². The summed E-state index contributed by atoms with van der Waals surface area (Å²) in [4.78, 5) is 0. The SMILES string of the molecule is CC1(C)c2ccccc2-c2ccc(-n3c4ccccc4c4cc5c6c7sc8ccccc8c7ccc6n(-c6ccccc6)c5cc43)cc21. The van der Waals surface area contributed by atoms with Crippen LogP contribution >= 0.6 is 11.3 Å². The molecule has 0 bridgehead atoms. The Morgan fingerprint density at radius 3 is 2.04 bits per heavy atom. The van der Waals surface area contributed by atoms with Crippen molar-refractivity contribution in [3.8, 4) is 22.5 Å². The normalized spacial score (nSPS) is 13.8. The lowest BCUT2D eigenvalue weighted by molar-refractivity contribution is 0.660. The highest BCUT2D eigenvalue weighted by molar-refractivity contribution is 7.26. The Labute approximate surface area is 281 Å². The predicted octanol–water partition coefficient (Wildman–Crippen LogP) is 12.6. The van der Waals surface area contributed by atoms with E-state index in [4.69, 9.17) is 0 Å². The van der Waals surface area contributed by atoms with Crippen LogP contribution in [0.25, 0.3) is 86.3 Å². The van der Waals surface area contributed by atoms with E-state index in [9.17, 15) is 0 Å². The van der Waals surface area contributed by atoms with E-state index >= 15 is 0 Å². The second-order valence-electron chi connectivity index (χ2n) is 13.7. The van der Waals surface area contributed by atoms with Gasteiger partial charge in [0.15, 0.2) is 0 Å². The maximum absolute atomic E-state index is 2.49. The van der Waals surface area contributed by atoms with Gasteiger partial charge in [-0.15, -0.1) is 11.3 Å². The highest BCUT2D eigenvalue weighted by atomic mass is 32.1. The average molecular weight is 631 g/mol. The van der Waals surface area contributed by atoms with Crippen molar-refractivity contribution in [2.75, 3.05) is 0 Å². The van der Waals surface area contributed by atoms with Crippen LogP contribution in [0.15, 0.2) is 146 Å². The third kappa shape index (κ3) is 3.31. The highest BCUT2D eigenvalue weighted by Gasteiger charge is 2.35. The molecule has 2 nitrogen and oxygen atoms in total. The number of benzene rings is 7. The molecule has 10 aromatic rings. The third-order valence-corrected chi connectivity index (χ3v) is 12.1. The fourth-order valence-electron chi connectivity index (χ4n) is 8.71. The van der Waals surface area contributed by atoms with Crippen LogP contribution in [-0.2, 0) is 5.41 Å². The van der Waals surface area contributed by atoms with Gasteiger partial charge >= 0.3 is 0 Å². The summed E-state index contributed by atoms with van der Waals surface area (Å²) in [5, 5.41) is 7.86. The number of fused-ring (bicyclic) bond motifs is 13. The standard InChI is InChI=1S/C45H30N2S/c1-45(2)36-17-9-6-14-29(36)30-21-20-28(24-37(30)45)47-38-18-10-7-15-31(38)34-25-35-41(26-40(34)47)46(27-12-4-3-5-13-27)39-23-22-33-32-16-8-11-19-42(32)48-44(33)43(35)39/h3-26H,1-2H3. The number of hydrogen-bond acceptors (Lipinski definition) is 1. The van der Waals surface area contributed by atoms with Gasteiger partial charge in [-0.2, -0.15) is 0 Å². The van der Waals surface area contributed by atoms with Gasteiger partial charge in [-0.05, 0) is 76.9 Å². The Bertz CT molecular complexity index is 2970. The lowest BCUT2D eigenvalue weighted by atomic mass is 9.82. The van der Waals surface area contributed by atoms with E-state index in [1.54, 1.807) is 0 Å². The summed E-state index contributed by atoms with van der Waals surface area (Å²) in [6, 6.07) is 54.2. The van der Waals surface area contributed by atoms with Gasteiger partial charge in [0.25, 0.3) is 0 Å². The number of rotatable bonds is 2. The second-order valence-corrected chi connectivity index (χ2v) is 14.8. The summed E-state index contributed by atoms with van der Waals surface area (Å²) in [6.45, 7) is 4.73. The van der Waals surface area contributed by atoms with Crippen molar-refractivity contribution in [1.29, 1.82) is 0 Å². The molecule has 11 rings (SSSR count). The minimum Gasteiger partial charge on any atom is -0.309 e. The Hall–Kier alpha value is -5.64. The van der Waals surface area contributed by atoms with Crippen molar-refractivity contribution in [2.45, 2.75) is 19.3 Å². The van der Waals surface area contributed by atoms with E-state index in [1.165, 1.54) is 97.4 Å². The molecule has 1 aliphatic rings. The first-order valence-corrected chi connectivity index (χ1v) is 17.5. The monoisotopic (exact) mass is 630 g/mol. The van der Waals surface area contributed by atoms with Crippen molar-refractivity contribution in [3.63, 3.8) is 0 Å². The molecule has 3 heteroatoms. The first-order valence-electron chi connectivity index (χ1n) is 16.7. The minimum absolute atomic E-state index is 0.0662. The first-order chi connectivity index (χ1) is 23.6. The van der Waals surface area contributed by atoms with E-state index in [2.05, 4.69) is 169 Å². The summed E-state index contributed by atoms with van der Waals surface area (Å²) in [6.07, 6.45) is 0. The maximum Gasteiger partial charge on any atom is 0.0562 e. The molecule has 3 heterocycles. The Morgan fingerprint density at radius 2 is 1.15 bits per heavy atom. The van der Waals surface area contributed by atoms with Crippen LogP contribution in [0.1, 0.15) is 25.0 Å². The molecule has 48 heavy (non-hydrogen) atoms. The largest absolute Gasteiger partial charge is 0.309 e. The van der Waals surface area contributed by atoms with Crippen LogP contribution in [0.3, 0.4) is 0 Å². The van der Waals surface area contributed by atoms with Gasteiger partial charge in [-0.1, -0.05) is 105 Å². The van der Waals surface area contributed by atoms with Gasteiger partial charge in [-0.3, -0.25) is 0 Å². The molecule has 0 saturated carbocycles. The zero-order valence-electron chi connectivity index (χ0n) is 26.7. The molecule has 0 aliphatic heterocycles. The summed E-state index contributed by atoms with van der Waals surface area (Å²) in [5.41, 5.74) is 12.7. The van der Waals surface area contributed by atoms with Crippen LogP contribution < -0.4 is 0 Å². The fraction of sp³-hybridized carbons (Fsp3) is 0.0667. The van der Waals surface area contributed by atoms with Crippen LogP contribution in [0.2, 0.25) is 0 Å². The van der Waals surface area contributed by atoms with Crippen molar-refractivity contribution < 1.29 is 0 Å². The highest BCUT2D eigenvalue weighted by Crippen LogP contribution is 2.50. The predicted molar refractivity (Wildman–Crippen MR) is 206 cm³/mol. The van der Waals surface area contributed by atoms with Crippen molar-refractivity contribution in [1.82, 2.24) is 9.13 Å². The molecule has 0 saturated heterocycles. The van der Waals surface area contributed by atoms with Crippen LogP contribution in [0.4, 0.5) is 0 Å². The Morgan fingerprint density at radius 1 is 0.438 bits per heavy atom. The first kappa shape index (κ1) is 26.4. The van der Waals surface area contributed by atoms with Gasteiger partial charge in [0.05, 0.1) is 22.1 Å². The summed E-state index contributed by atoms with van der Waals surface area (Å²) < 4.78 is 7.65. The van der Waals surface area contributed by atoms with Crippen molar-refractivity contribution in [2.24, 2.45) is 0 Å². The lowest BCUT2D eigenvalue weighted by Gasteiger charge is -2.22. The Kier molecular flexibility index (Phi) is 5.09. The minimum atomic E-state index is -0.0662. The average Bonchev–Trinajstić information content (AvgIpc) is 3.83. The van der Waals surface area contributed by atoms with E-state index < -0.39 is 0 Å². The lowest BCUT2D eigenvalue weighted by Crippen LogP contribution is -2.15. The van der Waals surface area contributed by atoms with E-state index in [1.807, 2.05) is 11.3 Å². The van der Waals surface area contributed by atoms with E-state index in [-0.39, 0.29) is 5.41 Å². The molecule has 226 valence electrons. The zero-order valence-corrected chi connectivity index (χ0v) is 27.5. The topological polar surface area (TPSA) is 9.86 Å². The van der Waals surface area contributed by atoms with Crippen LogP contribution in [-0.4, -0.2) is 9.13 Å². The van der Waals surface area contributed by atoms with Crippen molar-refractivity contribution in [3.05, 3.63) is 157 Å². The van der Waals surface area contributed by atoms with Gasteiger partial charge < -0.3 is 9.13 Å². The number of nitrogens with zero attached hydrogens (tertiary/aromatic N) is 2. The smallest absolute Gasteiger partial charge is 0.0562 e. The fourth-order valence-corrected chi connectivity index (χ4v) is 9.97. The zero-order chi connectivity index (χ0) is 31.7. The molecule has 3 aromatic heterocycles. The second kappa shape index (κ2) is 9.25. The van der Waals surface area contributed by atoms with E-state index in [0.717, 1.165) is 0 Å². The number of para-hydroxylation sites is 2. The molecule has 0 spiro atoms. The molecule has 0 atom stereocenters. The molecule has 1 aliphatic carbocycles. The summed E-state index contributed by atoms with van der Waals surface area (Å²) in [7, 11) is 0. The number of aromatic nitrogens is 2. The van der Waals surface area contributed by atoms with Crippen LogP contribution in [0, 0.1) is 0 Å². The summed E-state index contributed by atoms with van der Waals surface area (Å²) in [5.74, 6) is 0. The quantitative estimate of drug-likeness (QED) is 0.180. The maximum atomic E-state index is 2.49. The molecule has 0 N–H and O–H groups in total. The molecule has 7 aromatic carbocycles. The Balaban J connectivity index is 1.28. The van der Waals surface area contributed by atoms with Gasteiger partial charge in [0, 0.05) is 58.5 Å². The molecular formula is C45H30N2S. The molecule has 0 fully saturated rings. The molecular weight excluding hydrogens is 601 g/mol. The van der Waals surface area contributed by atoms with Gasteiger partial charge in [-0.25, -0.2) is 0 Å². The molecule has 0 radical (unpaired) electrons. The van der Waals surface area contributed by atoms with Gasteiger partial charge in [0.1, 0.15) is 0 Å². The summed E-state index contributed by atoms with van der Waals surface area (Å²) >= 11 is 1.91.